The Morgan fingerprint density at radius 2 is 2.06 bits per heavy atom. The highest BCUT2D eigenvalue weighted by Crippen LogP contribution is 2.39. The number of carbonyl (C=O) groups excluding carboxylic acids is 1. The molecule has 0 spiro atoms. The van der Waals surface area contributed by atoms with Gasteiger partial charge in [0.25, 0.3) is 0 Å². The van der Waals surface area contributed by atoms with Crippen molar-refractivity contribution in [3.8, 4) is 0 Å². The molecule has 2 heterocycles. The molecular weight excluding hydrogens is 417 g/mol. The third-order valence-corrected chi connectivity index (χ3v) is 6.47. The van der Waals surface area contributed by atoms with E-state index in [9.17, 15) is 14.0 Å². The summed E-state index contributed by atoms with van der Waals surface area (Å²) in [5.74, 6) is -1.09. The molecule has 0 amide bonds. The molecule has 4 rings (SSSR count). The van der Waals surface area contributed by atoms with Gasteiger partial charge in [0.05, 0.1) is 25.2 Å². The predicted molar refractivity (Wildman–Crippen MR) is 118 cm³/mol. The molecule has 164 valence electrons. The monoisotopic (exact) mass is 443 g/mol. The van der Waals surface area contributed by atoms with Crippen LogP contribution in [0, 0.1) is 11.7 Å². The molecule has 0 bridgehead atoms. The van der Waals surface area contributed by atoms with Gasteiger partial charge in [-0.3, -0.25) is 19.2 Å². The van der Waals surface area contributed by atoms with Crippen molar-refractivity contribution in [1.29, 1.82) is 0 Å². The van der Waals surface area contributed by atoms with E-state index in [4.69, 9.17) is 17.7 Å². The number of piperidine rings is 1. The van der Waals surface area contributed by atoms with Gasteiger partial charge in [0.15, 0.2) is 5.78 Å². The van der Waals surface area contributed by atoms with Crippen LogP contribution in [0.2, 0.25) is 0 Å². The first-order chi connectivity index (χ1) is 14.9. The number of rotatable bonds is 8. The molecule has 2 fully saturated rings. The van der Waals surface area contributed by atoms with Gasteiger partial charge in [0, 0.05) is 41.6 Å². The molecule has 31 heavy (non-hydrogen) atoms. The van der Waals surface area contributed by atoms with E-state index in [2.05, 4.69) is 10.00 Å². The Morgan fingerprint density at radius 3 is 2.77 bits per heavy atom. The number of hydrogen-bond donors (Lipinski definition) is 2. The number of likely N-dealkylation sites (tertiary alicyclic amines) is 1. The molecular formula is C23H26FN3O3S. The van der Waals surface area contributed by atoms with Gasteiger partial charge in [-0.05, 0) is 30.9 Å². The number of aryl methyl sites for hydroxylation is 1. The minimum Gasteiger partial charge on any atom is -0.481 e. The molecule has 1 aromatic heterocycles. The number of Topliss-reactive ketones (excluding diaryl/α,β-unsaturated/α-hetero) is 1. The molecule has 1 saturated carbocycles. The van der Waals surface area contributed by atoms with Crippen molar-refractivity contribution >= 4 is 30.5 Å². The number of halogens is 1. The third-order valence-electron chi connectivity index (χ3n) is 5.88. The molecule has 0 radical (unpaired) electrons. The second-order valence-electron chi connectivity index (χ2n) is 8.28. The topological polar surface area (TPSA) is 75.4 Å². The highest BCUT2D eigenvalue weighted by Gasteiger charge is 2.40. The highest BCUT2D eigenvalue weighted by molar-refractivity contribution is 7.81. The third kappa shape index (κ3) is 5.25. The van der Waals surface area contributed by atoms with Crippen molar-refractivity contribution in [2.24, 2.45) is 5.92 Å². The number of carboxylic acid groups (broad SMARTS) is 1. The van der Waals surface area contributed by atoms with Crippen molar-refractivity contribution in [3.05, 3.63) is 59.2 Å². The van der Waals surface area contributed by atoms with Crippen LogP contribution in [0.1, 0.15) is 42.9 Å². The minimum atomic E-state index is -0.867. The van der Waals surface area contributed by atoms with E-state index in [1.807, 2.05) is 6.08 Å². The van der Waals surface area contributed by atoms with E-state index in [1.165, 1.54) is 6.07 Å². The molecule has 1 aromatic carbocycles. The van der Waals surface area contributed by atoms with Gasteiger partial charge in [-0.25, -0.2) is 4.39 Å². The lowest BCUT2D eigenvalue weighted by Gasteiger charge is -2.37. The van der Waals surface area contributed by atoms with Crippen molar-refractivity contribution in [2.75, 3.05) is 13.1 Å². The van der Waals surface area contributed by atoms with Crippen molar-refractivity contribution in [1.82, 2.24) is 14.7 Å². The van der Waals surface area contributed by atoms with Crippen LogP contribution in [0.3, 0.4) is 0 Å². The maximum Gasteiger partial charge on any atom is 0.305 e. The number of thiol groups is 1. The van der Waals surface area contributed by atoms with Gasteiger partial charge in [-0.15, -0.1) is 0 Å². The number of benzene rings is 1. The number of nitrogens with zero attached hydrogens (tertiary/aromatic N) is 3. The van der Waals surface area contributed by atoms with Gasteiger partial charge in [-0.1, -0.05) is 24.3 Å². The van der Waals surface area contributed by atoms with Gasteiger partial charge in [0.1, 0.15) is 5.82 Å². The van der Waals surface area contributed by atoms with Crippen LogP contribution in [0.4, 0.5) is 4.39 Å². The number of carbonyl (C=O) groups is 2. The summed E-state index contributed by atoms with van der Waals surface area (Å²) < 4.78 is 16.2. The standard InChI is InChI=1S/C23H26FN3O3S/c24-19-4-2-1-3-18(19)22(23(30)16-5-6-16)26-9-7-20(31)17(14-26)11-15-12-25-27(13-15)10-8-21(28)29/h1-4,11-13,16,20,22,31H,5-10,14H2,(H,28,29). The van der Waals surface area contributed by atoms with E-state index in [-0.39, 0.29) is 29.2 Å². The van der Waals surface area contributed by atoms with E-state index in [1.54, 1.807) is 35.3 Å². The first-order valence-electron chi connectivity index (χ1n) is 10.6. The lowest BCUT2D eigenvalue weighted by molar-refractivity contribution is -0.137. The highest BCUT2D eigenvalue weighted by atomic mass is 32.1. The minimum absolute atomic E-state index is 0.00819. The lowest BCUT2D eigenvalue weighted by atomic mass is 9.93. The van der Waals surface area contributed by atoms with Gasteiger partial charge in [-0.2, -0.15) is 17.7 Å². The van der Waals surface area contributed by atoms with Crippen LogP contribution in [0.5, 0.6) is 0 Å². The summed E-state index contributed by atoms with van der Waals surface area (Å²) in [5, 5.41) is 13.1. The predicted octanol–water partition coefficient (Wildman–Crippen LogP) is 3.60. The van der Waals surface area contributed by atoms with Crippen LogP contribution in [0.15, 0.2) is 42.2 Å². The largest absolute Gasteiger partial charge is 0.481 e. The quantitative estimate of drug-likeness (QED) is 0.610. The summed E-state index contributed by atoms with van der Waals surface area (Å²) in [6.45, 7) is 1.49. The molecule has 1 aliphatic heterocycles. The Bertz CT molecular complexity index is 1000. The Kier molecular flexibility index (Phi) is 6.57. The normalized spacial score (nSPS) is 21.9. The van der Waals surface area contributed by atoms with Gasteiger partial charge in [0.2, 0.25) is 0 Å². The summed E-state index contributed by atoms with van der Waals surface area (Å²) >= 11 is 4.72. The summed E-state index contributed by atoms with van der Waals surface area (Å²) in [6, 6.07) is 5.96. The number of carboxylic acids is 1. The van der Waals surface area contributed by atoms with Crippen LogP contribution in [-0.4, -0.2) is 49.9 Å². The summed E-state index contributed by atoms with van der Waals surface area (Å²) in [6.07, 6.45) is 8.01. The van der Waals surface area contributed by atoms with E-state index in [0.29, 0.717) is 25.2 Å². The van der Waals surface area contributed by atoms with Crippen molar-refractivity contribution < 1.29 is 19.1 Å². The molecule has 1 saturated heterocycles. The fourth-order valence-electron chi connectivity index (χ4n) is 4.07. The molecule has 2 atom stereocenters. The van der Waals surface area contributed by atoms with Crippen molar-refractivity contribution in [2.45, 2.75) is 43.5 Å². The molecule has 8 heteroatoms. The summed E-state index contributed by atoms with van der Waals surface area (Å²) in [7, 11) is 0. The number of hydrogen-bond acceptors (Lipinski definition) is 5. The first kappa shape index (κ1) is 21.8. The molecule has 1 N–H and O–H groups in total. The molecule has 2 aliphatic rings. The Balaban J connectivity index is 1.56. The first-order valence-corrected chi connectivity index (χ1v) is 11.1. The zero-order valence-corrected chi connectivity index (χ0v) is 18.0. The second-order valence-corrected chi connectivity index (χ2v) is 8.90. The number of aromatic nitrogens is 2. The fraction of sp³-hybridized carbons (Fsp3) is 0.435. The Labute approximate surface area is 186 Å². The zero-order valence-electron chi connectivity index (χ0n) is 17.2. The lowest BCUT2D eigenvalue weighted by Crippen LogP contribution is -2.42. The maximum absolute atomic E-state index is 14.6. The van der Waals surface area contributed by atoms with Crippen molar-refractivity contribution in [3.63, 3.8) is 0 Å². The number of aliphatic carboxylic acids is 1. The average molecular weight is 444 g/mol. The maximum atomic E-state index is 14.6. The fourth-order valence-corrected chi connectivity index (χ4v) is 4.34. The average Bonchev–Trinajstić information content (AvgIpc) is 3.50. The van der Waals surface area contributed by atoms with E-state index < -0.39 is 12.0 Å². The molecule has 1 aliphatic carbocycles. The zero-order chi connectivity index (χ0) is 22.0. The van der Waals surface area contributed by atoms with Crippen LogP contribution < -0.4 is 0 Å². The van der Waals surface area contributed by atoms with Crippen LogP contribution in [0.25, 0.3) is 6.08 Å². The van der Waals surface area contributed by atoms with Crippen LogP contribution >= 0.6 is 12.6 Å². The Morgan fingerprint density at radius 1 is 1.29 bits per heavy atom. The van der Waals surface area contributed by atoms with Gasteiger partial charge < -0.3 is 5.11 Å². The summed E-state index contributed by atoms with van der Waals surface area (Å²) in [5.41, 5.74) is 2.34. The smallest absolute Gasteiger partial charge is 0.305 e. The molecule has 2 unspecified atom stereocenters. The second kappa shape index (κ2) is 9.36. The van der Waals surface area contributed by atoms with Crippen LogP contribution in [-0.2, 0) is 16.1 Å². The van der Waals surface area contributed by atoms with E-state index in [0.717, 1.165) is 30.4 Å². The van der Waals surface area contributed by atoms with E-state index >= 15 is 0 Å². The summed E-state index contributed by atoms with van der Waals surface area (Å²) in [4.78, 5) is 26.0. The SMILES string of the molecule is O=C(O)CCn1cc(C=C2CN(C(C(=O)C3CC3)c3ccccc3F)CCC2S)cn1. The molecule has 2 aromatic rings. The Hall–Kier alpha value is -2.45. The number of ketones is 1. The molecule has 6 nitrogen and oxygen atoms in total. The van der Waals surface area contributed by atoms with Gasteiger partial charge >= 0.3 is 5.97 Å².